The standard InChI is InChI=1S/C20H24FNO2/c21-18-8-6-15(7-9-18)19-10-11-22(12-17(19)13-23)20(14-24)16-4-2-1-3-5-16/h1-9,17,19-20,23-24H,10-14H2/t17-,19-,20+/m1/s1. The zero-order chi connectivity index (χ0) is 16.9. The van der Waals surface area contributed by atoms with Gasteiger partial charge in [0.2, 0.25) is 0 Å². The zero-order valence-electron chi connectivity index (χ0n) is 13.7. The lowest BCUT2D eigenvalue weighted by molar-refractivity contribution is 0.0476. The van der Waals surface area contributed by atoms with E-state index in [9.17, 15) is 14.6 Å². The first kappa shape index (κ1) is 17.1. The fourth-order valence-electron chi connectivity index (χ4n) is 3.78. The monoisotopic (exact) mass is 329 g/mol. The Hall–Kier alpha value is -1.75. The molecule has 3 atom stereocenters. The number of piperidine rings is 1. The zero-order valence-corrected chi connectivity index (χ0v) is 13.7. The number of hydrogen-bond acceptors (Lipinski definition) is 3. The summed E-state index contributed by atoms with van der Waals surface area (Å²) in [4.78, 5) is 2.25. The van der Waals surface area contributed by atoms with Crippen molar-refractivity contribution in [1.82, 2.24) is 4.90 Å². The molecule has 1 aliphatic rings. The summed E-state index contributed by atoms with van der Waals surface area (Å²) in [6.45, 7) is 1.71. The largest absolute Gasteiger partial charge is 0.396 e. The molecule has 2 N–H and O–H groups in total. The van der Waals surface area contributed by atoms with E-state index in [1.165, 1.54) is 12.1 Å². The predicted molar refractivity (Wildman–Crippen MR) is 92.2 cm³/mol. The SMILES string of the molecule is OC[C@H]1CN([C@@H](CO)c2ccccc2)CC[C@@H]1c1ccc(F)cc1. The summed E-state index contributed by atoms with van der Waals surface area (Å²) in [5.74, 6) is 0.0742. The Morgan fingerprint density at radius 2 is 1.75 bits per heavy atom. The van der Waals surface area contributed by atoms with E-state index in [-0.39, 0.29) is 36.9 Å². The third kappa shape index (κ3) is 3.66. The van der Waals surface area contributed by atoms with Gasteiger partial charge in [0.25, 0.3) is 0 Å². The minimum atomic E-state index is -0.235. The van der Waals surface area contributed by atoms with Gasteiger partial charge in [-0.2, -0.15) is 0 Å². The van der Waals surface area contributed by atoms with E-state index in [0.717, 1.165) is 30.6 Å². The van der Waals surface area contributed by atoms with Crippen molar-refractivity contribution in [2.24, 2.45) is 5.92 Å². The number of nitrogens with zero attached hydrogens (tertiary/aromatic N) is 1. The molecular weight excluding hydrogens is 305 g/mol. The lowest BCUT2D eigenvalue weighted by atomic mass is 9.80. The van der Waals surface area contributed by atoms with Gasteiger partial charge in [0.05, 0.1) is 12.6 Å². The number of benzene rings is 2. The van der Waals surface area contributed by atoms with Gasteiger partial charge in [-0.25, -0.2) is 4.39 Å². The Kier molecular flexibility index (Phi) is 5.61. The molecule has 0 aromatic heterocycles. The third-order valence-corrected chi connectivity index (χ3v) is 5.10. The number of rotatable bonds is 5. The van der Waals surface area contributed by atoms with E-state index in [1.807, 2.05) is 42.5 Å². The molecule has 0 spiro atoms. The smallest absolute Gasteiger partial charge is 0.123 e. The van der Waals surface area contributed by atoms with Crippen molar-refractivity contribution >= 4 is 0 Å². The first-order valence-electron chi connectivity index (χ1n) is 8.49. The Balaban J connectivity index is 1.75. The fraction of sp³-hybridized carbons (Fsp3) is 0.400. The van der Waals surface area contributed by atoms with Crippen molar-refractivity contribution in [2.45, 2.75) is 18.4 Å². The van der Waals surface area contributed by atoms with Crippen LogP contribution in [-0.2, 0) is 0 Å². The van der Waals surface area contributed by atoms with Crippen LogP contribution in [0, 0.1) is 11.7 Å². The number of aliphatic hydroxyl groups is 2. The fourth-order valence-corrected chi connectivity index (χ4v) is 3.78. The minimum Gasteiger partial charge on any atom is -0.396 e. The lowest BCUT2D eigenvalue weighted by Gasteiger charge is -2.41. The molecule has 1 fully saturated rings. The highest BCUT2D eigenvalue weighted by molar-refractivity contribution is 5.23. The summed E-state index contributed by atoms with van der Waals surface area (Å²) in [6, 6.07) is 16.5. The molecule has 1 aliphatic heterocycles. The van der Waals surface area contributed by atoms with Gasteiger partial charge in [0.15, 0.2) is 0 Å². The van der Waals surface area contributed by atoms with Crippen LogP contribution in [0.5, 0.6) is 0 Å². The van der Waals surface area contributed by atoms with E-state index in [1.54, 1.807) is 0 Å². The maximum absolute atomic E-state index is 13.1. The van der Waals surface area contributed by atoms with Crippen LogP contribution >= 0.6 is 0 Å². The van der Waals surface area contributed by atoms with E-state index in [4.69, 9.17) is 0 Å². The molecule has 0 saturated carbocycles. The van der Waals surface area contributed by atoms with Crippen molar-refractivity contribution in [1.29, 1.82) is 0 Å². The average Bonchev–Trinajstić information content (AvgIpc) is 2.64. The maximum atomic E-state index is 13.1. The number of hydrogen-bond donors (Lipinski definition) is 2. The Morgan fingerprint density at radius 1 is 1.04 bits per heavy atom. The van der Waals surface area contributed by atoms with Gasteiger partial charge in [0.1, 0.15) is 5.82 Å². The van der Waals surface area contributed by atoms with Crippen molar-refractivity contribution in [3.05, 3.63) is 71.5 Å². The van der Waals surface area contributed by atoms with E-state index >= 15 is 0 Å². The van der Waals surface area contributed by atoms with Crippen molar-refractivity contribution in [2.75, 3.05) is 26.3 Å². The molecule has 0 radical (unpaired) electrons. The molecule has 0 amide bonds. The first-order valence-corrected chi connectivity index (χ1v) is 8.49. The van der Waals surface area contributed by atoms with Gasteiger partial charge in [-0.05, 0) is 42.1 Å². The Morgan fingerprint density at radius 3 is 2.38 bits per heavy atom. The third-order valence-electron chi connectivity index (χ3n) is 5.10. The van der Waals surface area contributed by atoms with Crippen LogP contribution in [0.25, 0.3) is 0 Å². The maximum Gasteiger partial charge on any atom is 0.123 e. The second-order valence-corrected chi connectivity index (χ2v) is 6.49. The minimum absolute atomic E-state index is 0.0468. The molecule has 3 nitrogen and oxygen atoms in total. The summed E-state index contributed by atoms with van der Waals surface area (Å²) >= 11 is 0. The molecule has 2 aromatic carbocycles. The quantitative estimate of drug-likeness (QED) is 0.886. The molecular formula is C20H24FNO2. The molecule has 1 saturated heterocycles. The molecule has 24 heavy (non-hydrogen) atoms. The van der Waals surface area contributed by atoms with Crippen LogP contribution in [0.2, 0.25) is 0 Å². The van der Waals surface area contributed by atoms with Gasteiger partial charge in [0, 0.05) is 19.1 Å². The van der Waals surface area contributed by atoms with Gasteiger partial charge >= 0.3 is 0 Å². The molecule has 0 aliphatic carbocycles. The van der Waals surface area contributed by atoms with Crippen molar-refractivity contribution < 1.29 is 14.6 Å². The highest BCUT2D eigenvalue weighted by Crippen LogP contribution is 2.36. The van der Waals surface area contributed by atoms with Crippen LogP contribution in [0.1, 0.15) is 29.5 Å². The first-order chi connectivity index (χ1) is 11.7. The van der Waals surface area contributed by atoms with E-state index < -0.39 is 0 Å². The van der Waals surface area contributed by atoms with Crippen LogP contribution in [0.15, 0.2) is 54.6 Å². The highest BCUT2D eigenvalue weighted by Gasteiger charge is 2.33. The molecule has 3 rings (SSSR count). The number of halogens is 1. The number of likely N-dealkylation sites (tertiary alicyclic amines) is 1. The Labute approximate surface area is 142 Å². The second kappa shape index (κ2) is 7.88. The van der Waals surface area contributed by atoms with Crippen LogP contribution < -0.4 is 0 Å². The molecule has 4 heteroatoms. The summed E-state index contributed by atoms with van der Waals surface area (Å²) in [7, 11) is 0. The molecule has 2 aromatic rings. The van der Waals surface area contributed by atoms with Crippen LogP contribution in [-0.4, -0.2) is 41.4 Å². The summed E-state index contributed by atoms with van der Waals surface area (Å²) in [5.41, 5.74) is 2.17. The van der Waals surface area contributed by atoms with Crippen molar-refractivity contribution in [3.63, 3.8) is 0 Å². The summed E-state index contributed by atoms with van der Waals surface area (Å²) in [5, 5.41) is 19.7. The molecule has 0 unspecified atom stereocenters. The number of aliphatic hydroxyl groups excluding tert-OH is 2. The highest BCUT2D eigenvalue weighted by atomic mass is 19.1. The van der Waals surface area contributed by atoms with Gasteiger partial charge in [-0.3, -0.25) is 4.90 Å². The summed E-state index contributed by atoms with van der Waals surface area (Å²) < 4.78 is 13.1. The van der Waals surface area contributed by atoms with Crippen LogP contribution in [0.4, 0.5) is 4.39 Å². The van der Waals surface area contributed by atoms with Crippen molar-refractivity contribution in [3.8, 4) is 0 Å². The predicted octanol–water partition coefficient (Wildman–Crippen LogP) is 2.96. The van der Waals surface area contributed by atoms with E-state index in [2.05, 4.69) is 4.90 Å². The Bertz CT molecular complexity index is 632. The molecule has 0 bridgehead atoms. The van der Waals surface area contributed by atoms with Gasteiger partial charge < -0.3 is 10.2 Å². The summed E-state index contributed by atoms with van der Waals surface area (Å²) in [6.07, 6.45) is 0.889. The van der Waals surface area contributed by atoms with Crippen LogP contribution in [0.3, 0.4) is 0 Å². The molecule has 1 heterocycles. The van der Waals surface area contributed by atoms with Gasteiger partial charge in [-0.1, -0.05) is 42.5 Å². The van der Waals surface area contributed by atoms with Gasteiger partial charge in [-0.15, -0.1) is 0 Å². The second-order valence-electron chi connectivity index (χ2n) is 6.49. The normalized spacial score (nSPS) is 23.1. The average molecular weight is 329 g/mol. The lowest BCUT2D eigenvalue weighted by Crippen LogP contribution is -2.43. The van der Waals surface area contributed by atoms with E-state index in [0.29, 0.717) is 0 Å². The topological polar surface area (TPSA) is 43.7 Å². The molecule has 128 valence electrons.